The lowest BCUT2D eigenvalue weighted by molar-refractivity contribution is 0.337. The minimum absolute atomic E-state index is 0.144. The third-order valence-electron chi connectivity index (χ3n) is 4.08. The summed E-state index contributed by atoms with van der Waals surface area (Å²) < 4.78 is 0. The predicted octanol–water partition coefficient (Wildman–Crippen LogP) is 4.06. The number of nitrogens with two attached hydrogens (primary N) is 1. The average Bonchev–Trinajstić information content (AvgIpc) is 2.56. The van der Waals surface area contributed by atoms with Crippen LogP contribution < -0.4 is 5.73 Å². The van der Waals surface area contributed by atoms with E-state index in [0.717, 1.165) is 0 Å². The molecule has 0 atom stereocenters. The van der Waals surface area contributed by atoms with Gasteiger partial charge in [-0.2, -0.15) is 0 Å². The smallest absolute Gasteiger partial charge is 0.0154 e. The molecule has 2 rings (SSSR count). The molecule has 0 spiro atoms. The first-order valence-electron chi connectivity index (χ1n) is 7.11. The van der Waals surface area contributed by atoms with Gasteiger partial charge in [0.05, 0.1) is 0 Å². The zero-order valence-electron chi connectivity index (χ0n) is 10.8. The predicted molar refractivity (Wildman–Crippen MR) is 74.0 cm³/mol. The highest BCUT2D eigenvalue weighted by Gasteiger charge is 2.25. The SMILES string of the molecule is NC1(CCCc2ccccc2)CCCCCC1. The summed E-state index contributed by atoms with van der Waals surface area (Å²) in [6.07, 6.45) is 11.5. The molecule has 2 N–H and O–H groups in total. The van der Waals surface area contributed by atoms with Crippen molar-refractivity contribution in [2.45, 2.75) is 63.3 Å². The van der Waals surface area contributed by atoms with E-state index in [-0.39, 0.29) is 5.54 Å². The Morgan fingerprint density at radius 3 is 2.24 bits per heavy atom. The van der Waals surface area contributed by atoms with Crippen LogP contribution in [0.15, 0.2) is 30.3 Å². The van der Waals surface area contributed by atoms with Crippen LogP contribution in [0.2, 0.25) is 0 Å². The highest BCUT2D eigenvalue weighted by molar-refractivity contribution is 5.14. The second-order valence-electron chi connectivity index (χ2n) is 5.62. The van der Waals surface area contributed by atoms with E-state index in [1.807, 2.05) is 0 Å². The van der Waals surface area contributed by atoms with E-state index in [1.165, 1.54) is 63.4 Å². The van der Waals surface area contributed by atoms with Gasteiger partial charge in [-0.3, -0.25) is 0 Å². The van der Waals surface area contributed by atoms with Crippen molar-refractivity contribution in [1.82, 2.24) is 0 Å². The van der Waals surface area contributed by atoms with Crippen molar-refractivity contribution in [2.75, 3.05) is 0 Å². The summed E-state index contributed by atoms with van der Waals surface area (Å²) in [6.45, 7) is 0. The largest absolute Gasteiger partial charge is 0.325 e. The van der Waals surface area contributed by atoms with Crippen LogP contribution in [-0.4, -0.2) is 5.54 Å². The number of benzene rings is 1. The first-order chi connectivity index (χ1) is 8.29. The second-order valence-corrected chi connectivity index (χ2v) is 5.62. The zero-order valence-corrected chi connectivity index (χ0v) is 10.8. The van der Waals surface area contributed by atoms with E-state index in [9.17, 15) is 0 Å². The summed E-state index contributed by atoms with van der Waals surface area (Å²) in [5.74, 6) is 0. The molecule has 1 saturated carbocycles. The molecule has 0 heterocycles. The van der Waals surface area contributed by atoms with Crippen LogP contribution >= 0.6 is 0 Å². The van der Waals surface area contributed by atoms with Crippen molar-refractivity contribution in [2.24, 2.45) is 5.73 Å². The first kappa shape index (κ1) is 12.6. The molecule has 1 aromatic rings. The Balaban J connectivity index is 1.77. The topological polar surface area (TPSA) is 26.0 Å². The van der Waals surface area contributed by atoms with E-state index in [1.54, 1.807) is 0 Å². The lowest BCUT2D eigenvalue weighted by Crippen LogP contribution is -2.39. The molecule has 17 heavy (non-hydrogen) atoms. The van der Waals surface area contributed by atoms with Gasteiger partial charge < -0.3 is 5.73 Å². The summed E-state index contributed by atoms with van der Waals surface area (Å²) in [7, 11) is 0. The molecule has 1 heteroatoms. The molecule has 0 bridgehead atoms. The minimum Gasteiger partial charge on any atom is -0.325 e. The Labute approximate surface area is 105 Å². The fourth-order valence-electron chi connectivity index (χ4n) is 2.97. The van der Waals surface area contributed by atoms with E-state index in [0.29, 0.717) is 0 Å². The van der Waals surface area contributed by atoms with Crippen molar-refractivity contribution in [3.05, 3.63) is 35.9 Å². The minimum atomic E-state index is 0.144. The van der Waals surface area contributed by atoms with Gasteiger partial charge in [0, 0.05) is 5.54 Å². The van der Waals surface area contributed by atoms with Crippen LogP contribution in [0.1, 0.15) is 56.9 Å². The molecule has 0 saturated heterocycles. The lowest BCUT2D eigenvalue weighted by Gasteiger charge is -2.28. The Morgan fingerprint density at radius 2 is 1.59 bits per heavy atom. The van der Waals surface area contributed by atoms with Crippen LogP contribution in [0, 0.1) is 0 Å². The number of aryl methyl sites for hydroxylation is 1. The van der Waals surface area contributed by atoms with Gasteiger partial charge >= 0.3 is 0 Å². The van der Waals surface area contributed by atoms with Gasteiger partial charge in [0.1, 0.15) is 0 Å². The van der Waals surface area contributed by atoms with Crippen LogP contribution in [-0.2, 0) is 6.42 Å². The van der Waals surface area contributed by atoms with Crippen molar-refractivity contribution in [1.29, 1.82) is 0 Å². The maximum atomic E-state index is 6.52. The molecule has 1 aliphatic carbocycles. The lowest BCUT2D eigenvalue weighted by atomic mass is 9.85. The van der Waals surface area contributed by atoms with E-state index in [2.05, 4.69) is 30.3 Å². The summed E-state index contributed by atoms with van der Waals surface area (Å²) in [5.41, 5.74) is 8.12. The van der Waals surface area contributed by atoms with Crippen LogP contribution in [0.25, 0.3) is 0 Å². The molecule has 1 aromatic carbocycles. The molecule has 0 unspecified atom stereocenters. The highest BCUT2D eigenvalue weighted by Crippen LogP contribution is 2.29. The fraction of sp³-hybridized carbons (Fsp3) is 0.625. The van der Waals surface area contributed by atoms with Crippen molar-refractivity contribution >= 4 is 0 Å². The summed E-state index contributed by atoms with van der Waals surface area (Å²) in [6, 6.07) is 10.8. The third-order valence-corrected chi connectivity index (χ3v) is 4.08. The highest BCUT2D eigenvalue weighted by atomic mass is 14.7. The monoisotopic (exact) mass is 231 g/mol. The third kappa shape index (κ3) is 4.16. The molecular weight excluding hydrogens is 206 g/mol. The fourth-order valence-corrected chi connectivity index (χ4v) is 2.97. The quantitative estimate of drug-likeness (QED) is 0.777. The summed E-state index contributed by atoms with van der Waals surface area (Å²) in [4.78, 5) is 0. The van der Waals surface area contributed by atoms with Gasteiger partial charge in [-0.1, -0.05) is 56.0 Å². The number of hydrogen-bond acceptors (Lipinski definition) is 1. The molecule has 1 fully saturated rings. The van der Waals surface area contributed by atoms with Gasteiger partial charge in [0.2, 0.25) is 0 Å². The number of rotatable bonds is 4. The molecule has 0 aliphatic heterocycles. The van der Waals surface area contributed by atoms with Crippen LogP contribution in [0.3, 0.4) is 0 Å². The second kappa shape index (κ2) is 6.20. The van der Waals surface area contributed by atoms with Gasteiger partial charge in [0.15, 0.2) is 0 Å². The van der Waals surface area contributed by atoms with Gasteiger partial charge in [-0.15, -0.1) is 0 Å². The van der Waals surface area contributed by atoms with Crippen molar-refractivity contribution in [3.8, 4) is 0 Å². The van der Waals surface area contributed by atoms with Gasteiger partial charge in [-0.05, 0) is 37.7 Å². The molecule has 0 aromatic heterocycles. The zero-order chi connectivity index (χ0) is 12.0. The van der Waals surface area contributed by atoms with E-state index in [4.69, 9.17) is 5.73 Å². The van der Waals surface area contributed by atoms with E-state index >= 15 is 0 Å². The Hall–Kier alpha value is -0.820. The Bertz CT molecular complexity index is 310. The molecule has 0 amide bonds. The average molecular weight is 231 g/mol. The Kier molecular flexibility index (Phi) is 4.61. The standard InChI is InChI=1S/C16H25N/c17-16(12-6-1-2-7-13-16)14-8-11-15-9-4-3-5-10-15/h3-5,9-10H,1-2,6-8,11-14,17H2. The van der Waals surface area contributed by atoms with E-state index < -0.39 is 0 Å². The molecule has 1 aliphatic rings. The normalized spacial score (nSPS) is 19.8. The maximum absolute atomic E-state index is 6.52. The first-order valence-corrected chi connectivity index (χ1v) is 7.11. The Morgan fingerprint density at radius 1 is 0.941 bits per heavy atom. The van der Waals surface area contributed by atoms with Crippen molar-refractivity contribution < 1.29 is 0 Å². The van der Waals surface area contributed by atoms with Crippen LogP contribution in [0.4, 0.5) is 0 Å². The maximum Gasteiger partial charge on any atom is 0.0154 e. The molecule has 1 nitrogen and oxygen atoms in total. The molecule has 0 radical (unpaired) electrons. The molecule has 94 valence electrons. The summed E-state index contributed by atoms with van der Waals surface area (Å²) in [5, 5.41) is 0. The van der Waals surface area contributed by atoms with Gasteiger partial charge in [0.25, 0.3) is 0 Å². The molecular formula is C16H25N. The van der Waals surface area contributed by atoms with Crippen molar-refractivity contribution in [3.63, 3.8) is 0 Å². The van der Waals surface area contributed by atoms with Crippen LogP contribution in [0.5, 0.6) is 0 Å². The number of hydrogen-bond donors (Lipinski definition) is 1. The summed E-state index contributed by atoms with van der Waals surface area (Å²) >= 11 is 0. The van der Waals surface area contributed by atoms with Gasteiger partial charge in [-0.25, -0.2) is 0 Å².